The third-order valence-corrected chi connectivity index (χ3v) is 3.90. The fourth-order valence-electron chi connectivity index (χ4n) is 1.51. The molecule has 0 heterocycles. The Morgan fingerprint density at radius 2 is 1.44 bits per heavy atom. The predicted molar refractivity (Wildman–Crippen MR) is 65.2 cm³/mol. The monoisotopic (exact) mass is 303 g/mol. The first kappa shape index (κ1) is 11.5. The molecule has 0 radical (unpaired) electrons. The molecule has 1 nitrogen and oxygen atoms in total. The van der Waals surface area contributed by atoms with E-state index in [9.17, 15) is 0 Å². The fraction of sp³-hybridized carbons (Fsp3) is 0.143. The Labute approximate surface area is 106 Å². The van der Waals surface area contributed by atoms with Gasteiger partial charge in [0, 0.05) is 0 Å². The Morgan fingerprint density at radius 1 is 0.812 bits per heavy atom. The zero-order valence-corrected chi connectivity index (χ0v) is 11.0. The van der Waals surface area contributed by atoms with Gasteiger partial charge >= 0.3 is 106 Å². The van der Waals surface area contributed by atoms with Gasteiger partial charge < -0.3 is 0 Å². The molecular formula is C14H15NPd. The van der Waals surface area contributed by atoms with E-state index in [0.717, 1.165) is 0 Å². The van der Waals surface area contributed by atoms with E-state index >= 15 is 0 Å². The predicted octanol–water partition coefficient (Wildman–Crippen LogP) is 2.54. The normalized spacial score (nSPS) is 10.9. The molecule has 0 spiro atoms. The molecule has 2 rings (SSSR count). The van der Waals surface area contributed by atoms with E-state index < -0.39 is 0 Å². The van der Waals surface area contributed by atoms with E-state index in [1.54, 1.807) is 0 Å². The number of benzene rings is 2. The van der Waals surface area contributed by atoms with Crippen molar-refractivity contribution in [2.75, 3.05) is 14.1 Å². The van der Waals surface area contributed by atoms with Crippen molar-refractivity contribution < 1.29 is 18.2 Å². The first-order chi connectivity index (χ1) is 7.77. The fourth-order valence-corrected chi connectivity index (χ4v) is 3.06. The van der Waals surface area contributed by atoms with Crippen molar-refractivity contribution in [1.29, 1.82) is 0 Å². The molecule has 0 N–H and O–H groups in total. The molecule has 0 saturated carbocycles. The summed E-state index contributed by atoms with van der Waals surface area (Å²) in [6, 6.07) is 19.2. The number of hydrogen-bond acceptors (Lipinski definition) is 1. The zero-order chi connectivity index (χ0) is 11.4. The van der Waals surface area contributed by atoms with Crippen molar-refractivity contribution in [3.05, 3.63) is 54.6 Å². The molecule has 2 aromatic carbocycles. The molecule has 0 fully saturated rings. The van der Waals surface area contributed by atoms with Crippen LogP contribution in [-0.4, -0.2) is 17.6 Å². The van der Waals surface area contributed by atoms with Crippen LogP contribution in [0.1, 0.15) is 0 Å². The van der Waals surface area contributed by atoms with Crippen molar-refractivity contribution in [3.63, 3.8) is 0 Å². The standard InChI is InChI=1S/C12H9.C2H6N.Pd/c1-3-7-11(8-4-1)12-9-5-2-6-10-12;1-3-2;/h1-9H;1-2H3;/q;-1;+1. The average Bonchev–Trinajstić information content (AvgIpc) is 2.30. The average molecular weight is 304 g/mol. The van der Waals surface area contributed by atoms with Crippen LogP contribution in [0.2, 0.25) is 0 Å². The SMILES string of the molecule is C[N](C)[Pd][c]1ccccc1-c1ccccc1. The Bertz CT molecular complexity index is 451. The molecule has 0 saturated heterocycles. The van der Waals surface area contributed by atoms with Gasteiger partial charge in [0.1, 0.15) is 0 Å². The molecule has 2 aromatic rings. The molecule has 0 aliphatic carbocycles. The Balaban J connectivity index is 2.41. The van der Waals surface area contributed by atoms with E-state index in [2.05, 4.69) is 72.2 Å². The molecule has 0 aliphatic heterocycles. The Morgan fingerprint density at radius 3 is 2.12 bits per heavy atom. The summed E-state index contributed by atoms with van der Waals surface area (Å²) in [5.74, 6) is 0. The van der Waals surface area contributed by atoms with Crippen LogP contribution in [-0.2, 0) is 18.2 Å². The van der Waals surface area contributed by atoms with Crippen LogP contribution in [0.4, 0.5) is 0 Å². The third-order valence-electron chi connectivity index (χ3n) is 2.15. The third kappa shape index (κ3) is 2.80. The van der Waals surface area contributed by atoms with E-state index in [-0.39, 0.29) is 0 Å². The van der Waals surface area contributed by atoms with Crippen molar-refractivity contribution in [2.24, 2.45) is 0 Å². The summed E-state index contributed by atoms with van der Waals surface area (Å²) >= 11 is 0.512. The van der Waals surface area contributed by atoms with Gasteiger partial charge in [-0.05, 0) is 0 Å². The quantitative estimate of drug-likeness (QED) is 0.788. The minimum absolute atomic E-state index is 0.512. The summed E-state index contributed by atoms with van der Waals surface area (Å²) in [4.78, 5) is 0. The molecule has 86 valence electrons. The molecule has 16 heavy (non-hydrogen) atoms. The second-order valence-electron chi connectivity index (χ2n) is 3.61. The van der Waals surface area contributed by atoms with Crippen LogP contribution < -0.4 is 4.04 Å². The van der Waals surface area contributed by atoms with E-state index in [4.69, 9.17) is 0 Å². The number of rotatable bonds is 3. The van der Waals surface area contributed by atoms with Gasteiger partial charge in [0.2, 0.25) is 0 Å². The van der Waals surface area contributed by atoms with Gasteiger partial charge in [-0.25, -0.2) is 0 Å². The molecule has 0 aliphatic rings. The van der Waals surface area contributed by atoms with Gasteiger partial charge in [-0.1, -0.05) is 0 Å². The van der Waals surface area contributed by atoms with Crippen LogP contribution in [0.3, 0.4) is 0 Å². The number of hydrogen-bond donors (Lipinski definition) is 0. The molecule has 2 heteroatoms. The second kappa shape index (κ2) is 5.41. The van der Waals surface area contributed by atoms with Crippen molar-refractivity contribution >= 4 is 4.04 Å². The molecular weight excluding hydrogens is 289 g/mol. The maximum absolute atomic E-state index is 2.25. The number of nitrogens with zero attached hydrogens (tertiary/aromatic N) is 1. The van der Waals surface area contributed by atoms with Gasteiger partial charge in [0.05, 0.1) is 0 Å². The second-order valence-corrected chi connectivity index (χ2v) is 6.19. The Kier molecular flexibility index (Phi) is 3.90. The molecule has 0 bridgehead atoms. The van der Waals surface area contributed by atoms with Crippen molar-refractivity contribution in [2.45, 2.75) is 0 Å². The van der Waals surface area contributed by atoms with Crippen LogP contribution in [0, 0.1) is 0 Å². The Hall–Kier alpha value is -0.938. The van der Waals surface area contributed by atoms with E-state index in [1.807, 2.05) is 0 Å². The molecule has 0 aromatic heterocycles. The summed E-state index contributed by atoms with van der Waals surface area (Å²) in [7, 11) is 4.24. The maximum atomic E-state index is 2.25. The van der Waals surface area contributed by atoms with Gasteiger partial charge in [0.25, 0.3) is 0 Å². The van der Waals surface area contributed by atoms with Crippen molar-refractivity contribution in [3.8, 4) is 11.1 Å². The summed E-state index contributed by atoms with van der Waals surface area (Å²) in [6.45, 7) is 0. The summed E-state index contributed by atoms with van der Waals surface area (Å²) in [5.41, 5.74) is 2.66. The molecule has 0 atom stereocenters. The molecule has 0 amide bonds. The first-order valence-electron chi connectivity index (χ1n) is 5.18. The van der Waals surface area contributed by atoms with Crippen LogP contribution in [0.15, 0.2) is 54.6 Å². The van der Waals surface area contributed by atoms with E-state index in [0.29, 0.717) is 18.2 Å². The minimum atomic E-state index is 0.512. The summed E-state index contributed by atoms with van der Waals surface area (Å²) < 4.78 is 3.67. The van der Waals surface area contributed by atoms with Gasteiger partial charge in [-0.15, -0.1) is 0 Å². The van der Waals surface area contributed by atoms with Gasteiger partial charge in [-0.2, -0.15) is 0 Å². The van der Waals surface area contributed by atoms with Crippen LogP contribution in [0.25, 0.3) is 11.1 Å². The van der Waals surface area contributed by atoms with Crippen molar-refractivity contribution in [1.82, 2.24) is 3.53 Å². The van der Waals surface area contributed by atoms with Crippen LogP contribution >= 0.6 is 0 Å². The molecule has 0 unspecified atom stereocenters. The topological polar surface area (TPSA) is 3.24 Å². The summed E-state index contributed by atoms with van der Waals surface area (Å²) in [6.07, 6.45) is 0. The van der Waals surface area contributed by atoms with Gasteiger partial charge in [0.15, 0.2) is 0 Å². The van der Waals surface area contributed by atoms with E-state index in [1.165, 1.54) is 15.2 Å². The van der Waals surface area contributed by atoms with Gasteiger partial charge in [-0.3, -0.25) is 0 Å². The van der Waals surface area contributed by atoms with Crippen LogP contribution in [0.5, 0.6) is 0 Å². The first-order valence-corrected chi connectivity index (χ1v) is 6.65. The summed E-state index contributed by atoms with van der Waals surface area (Å²) in [5, 5.41) is 0. The zero-order valence-electron chi connectivity index (χ0n) is 9.46.